The Labute approximate surface area is 421 Å². The number of pyridine rings is 1. The Morgan fingerprint density at radius 3 is 2.54 bits per heavy atom. The second-order valence-electron chi connectivity index (χ2n) is 19.9. The summed E-state index contributed by atoms with van der Waals surface area (Å²) < 4.78 is 80.6. The summed E-state index contributed by atoms with van der Waals surface area (Å²) >= 11 is 6.55. The molecular formula is C52H59ClF3N7O8S. The molecule has 1 unspecified atom stereocenters. The molecule has 15 nitrogen and oxygen atoms in total. The van der Waals surface area contributed by atoms with Crippen LogP contribution >= 0.6 is 11.6 Å². The molecule has 2 fully saturated rings. The number of fused-ring (bicyclic) bond motifs is 1. The van der Waals surface area contributed by atoms with Crippen LogP contribution in [0, 0.1) is 21.4 Å². The summed E-state index contributed by atoms with van der Waals surface area (Å²) in [6.07, 6.45) is 2.11. The number of piperazine rings is 1. The highest BCUT2D eigenvalue weighted by Gasteiger charge is 2.34. The van der Waals surface area contributed by atoms with E-state index in [-0.39, 0.29) is 50.3 Å². The number of nitrogens with one attached hydrogen (secondary N) is 2. The topological polar surface area (TPSA) is 180 Å². The number of morpholine rings is 1. The zero-order valence-electron chi connectivity index (χ0n) is 40.7. The number of allylic oxidation sites excluding steroid dienone is 1. The van der Waals surface area contributed by atoms with Crippen molar-refractivity contribution in [2.24, 2.45) is 11.3 Å². The highest BCUT2D eigenvalue weighted by molar-refractivity contribution is 7.92. The number of hydrogen-bond donors (Lipinski definition) is 2. The average Bonchev–Trinajstić information content (AvgIpc) is 3.81. The SMILES string of the molecule is CC(C)C(=O)N1CCOC(CCCNc2ccc(S(=O)(=O)CC(=O)c3ccc(N4CCN(CC5=C(c6ccc(C(F)(F)F)cc6Cl)CC(C)(C)CC5)CC4)cc3Oc3cnc4[nH]ccc4c3)cc2[N+](=O)[O-])C1. The maximum absolute atomic E-state index is 14.1. The number of hydrogen-bond acceptors (Lipinski definition) is 12. The molecule has 2 N–H and O–H groups in total. The van der Waals surface area contributed by atoms with Gasteiger partial charge in [-0.15, -0.1) is 0 Å². The van der Waals surface area contributed by atoms with Crippen LogP contribution in [0.4, 0.5) is 30.2 Å². The van der Waals surface area contributed by atoms with Crippen LogP contribution in [-0.2, 0) is 25.5 Å². The van der Waals surface area contributed by atoms with Gasteiger partial charge in [0.15, 0.2) is 15.6 Å². The van der Waals surface area contributed by atoms with Gasteiger partial charge in [0.2, 0.25) is 5.91 Å². The standard InChI is InChI=1S/C52H59ClF3N7O8S/c1-33(2)50(65)62-22-23-70-38(31-62)6-5-16-57-45-12-9-40(27-46(45)63(66)67)72(68,69)32-47(64)42-11-8-37(26-48(42)71-39-24-34-14-17-58-49(34)59-29-39)61-20-18-60(19-21-61)30-35-13-15-51(3,4)28-43(35)41-10-7-36(25-44(41)53)52(54,55)56/h7-12,14,17,24-27,29,33,38,57H,5-6,13,15-16,18-23,28,30-32H2,1-4H3,(H,58,59). The van der Waals surface area contributed by atoms with Crippen LogP contribution in [0.3, 0.4) is 0 Å². The molecule has 1 atom stereocenters. The number of rotatable bonds is 17. The third kappa shape index (κ3) is 12.4. The van der Waals surface area contributed by atoms with Crippen molar-refractivity contribution < 1.29 is 45.6 Å². The summed E-state index contributed by atoms with van der Waals surface area (Å²) in [4.78, 5) is 51.5. The van der Waals surface area contributed by atoms with Crippen molar-refractivity contribution in [3.8, 4) is 11.5 Å². The lowest BCUT2D eigenvalue weighted by molar-refractivity contribution is -0.384. The summed E-state index contributed by atoms with van der Waals surface area (Å²) in [5.74, 6) is -1.43. The Morgan fingerprint density at radius 2 is 1.82 bits per heavy atom. The monoisotopic (exact) mass is 1030 g/mol. The number of anilines is 2. The number of H-pyrrole nitrogens is 1. The maximum atomic E-state index is 14.1. The lowest BCUT2D eigenvalue weighted by Crippen LogP contribution is -2.47. The first kappa shape index (κ1) is 52.3. The van der Waals surface area contributed by atoms with E-state index in [2.05, 4.69) is 38.9 Å². The average molecular weight is 1030 g/mol. The van der Waals surface area contributed by atoms with E-state index < -0.39 is 43.7 Å². The number of ketones is 1. The largest absolute Gasteiger partial charge is 0.455 e. The number of nitro benzene ring substituents is 1. The van der Waals surface area contributed by atoms with Crippen molar-refractivity contribution in [1.82, 2.24) is 19.8 Å². The fourth-order valence-corrected chi connectivity index (χ4v) is 11.2. The quantitative estimate of drug-likeness (QED) is 0.0390. The van der Waals surface area contributed by atoms with Crippen LogP contribution in [0.2, 0.25) is 5.02 Å². The van der Waals surface area contributed by atoms with Gasteiger partial charge in [0.25, 0.3) is 5.69 Å². The molecule has 0 saturated carbocycles. The van der Waals surface area contributed by atoms with Gasteiger partial charge < -0.3 is 29.6 Å². The molecule has 8 rings (SSSR count). The molecular weight excluding hydrogens is 975 g/mol. The van der Waals surface area contributed by atoms with E-state index in [0.29, 0.717) is 95.2 Å². The molecule has 1 amide bonds. The number of alkyl halides is 3. The number of carbonyl (C=O) groups excluding carboxylic acids is 2. The minimum atomic E-state index is -4.50. The van der Waals surface area contributed by atoms with E-state index in [4.69, 9.17) is 21.1 Å². The third-order valence-corrected chi connectivity index (χ3v) is 15.6. The number of Topliss-reactive ketones (excluding diaryl/α,β-unsaturated/α-hetero) is 1. The van der Waals surface area contributed by atoms with Crippen molar-refractivity contribution >= 4 is 66.8 Å². The van der Waals surface area contributed by atoms with Gasteiger partial charge in [-0.2, -0.15) is 13.2 Å². The van der Waals surface area contributed by atoms with Crippen LogP contribution in [0.25, 0.3) is 16.6 Å². The highest BCUT2D eigenvalue weighted by Crippen LogP contribution is 2.46. The second kappa shape index (κ2) is 21.6. The molecule has 20 heteroatoms. The zero-order valence-corrected chi connectivity index (χ0v) is 42.3. The lowest BCUT2D eigenvalue weighted by atomic mass is 9.72. The number of ether oxygens (including phenoxy) is 2. The summed E-state index contributed by atoms with van der Waals surface area (Å²) in [6.45, 7) is 12.9. The van der Waals surface area contributed by atoms with Gasteiger partial charge in [0, 0.05) is 92.7 Å². The summed E-state index contributed by atoms with van der Waals surface area (Å²) in [5.41, 5.74) is 2.92. The second-order valence-corrected chi connectivity index (χ2v) is 22.3. The van der Waals surface area contributed by atoms with Gasteiger partial charge in [0.1, 0.15) is 28.6 Å². The normalized spacial score (nSPS) is 17.9. The molecule has 4 heterocycles. The number of benzene rings is 3. The maximum Gasteiger partial charge on any atom is 0.416 e. The molecule has 0 radical (unpaired) electrons. The Kier molecular flexibility index (Phi) is 15.7. The van der Waals surface area contributed by atoms with Gasteiger partial charge in [-0.1, -0.05) is 50.9 Å². The number of nitrogens with zero attached hydrogens (tertiary/aromatic N) is 5. The number of halogens is 4. The molecule has 2 saturated heterocycles. The summed E-state index contributed by atoms with van der Waals surface area (Å²) in [7, 11) is -4.41. The lowest BCUT2D eigenvalue weighted by Gasteiger charge is -2.39. The minimum Gasteiger partial charge on any atom is -0.455 e. The van der Waals surface area contributed by atoms with Gasteiger partial charge in [0.05, 0.1) is 39.9 Å². The fraction of sp³-hybridized carbons (Fsp3) is 0.442. The predicted molar refractivity (Wildman–Crippen MR) is 271 cm³/mol. The molecule has 5 aromatic rings. The first-order valence-corrected chi connectivity index (χ1v) is 26.2. The van der Waals surface area contributed by atoms with E-state index in [0.717, 1.165) is 53.3 Å². The van der Waals surface area contributed by atoms with Crippen molar-refractivity contribution in [1.29, 1.82) is 0 Å². The van der Waals surface area contributed by atoms with Gasteiger partial charge in [-0.05, 0) is 97.2 Å². The Bertz CT molecular complexity index is 2990. The van der Waals surface area contributed by atoms with E-state index in [1.54, 1.807) is 29.3 Å². The fourth-order valence-electron chi connectivity index (χ4n) is 9.64. The van der Waals surface area contributed by atoms with Gasteiger partial charge >= 0.3 is 6.18 Å². The Hall–Kier alpha value is -6.02. The van der Waals surface area contributed by atoms with Crippen molar-refractivity contribution in [2.75, 3.05) is 74.9 Å². The number of amides is 1. The molecule has 3 aromatic carbocycles. The first-order valence-electron chi connectivity index (χ1n) is 24.1. The smallest absolute Gasteiger partial charge is 0.416 e. The van der Waals surface area contributed by atoms with Crippen molar-refractivity contribution in [3.05, 3.63) is 117 Å². The number of sulfone groups is 1. The number of aromatic nitrogens is 2. The van der Waals surface area contributed by atoms with Crippen LogP contribution in [0.5, 0.6) is 11.5 Å². The van der Waals surface area contributed by atoms with Crippen molar-refractivity contribution in [3.63, 3.8) is 0 Å². The Balaban J connectivity index is 0.961. The molecule has 3 aliphatic rings. The van der Waals surface area contributed by atoms with Crippen LogP contribution in [0.1, 0.15) is 81.3 Å². The highest BCUT2D eigenvalue weighted by atomic mass is 35.5. The number of aromatic amines is 1. The Morgan fingerprint density at radius 1 is 1.04 bits per heavy atom. The summed E-state index contributed by atoms with van der Waals surface area (Å²) in [5, 5.41) is 16.1. The van der Waals surface area contributed by atoms with E-state index in [9.17, 15) is 41.3 Å². The molecule has 2 aromatic heterocycles. The molecule has 72 heavy (non-hydrogen) atoms. The van der Waals surface area contributed by atoms with Crippen LogP contribution in [0.15, 0.2) is 89.6 Å². The van der Waals surface area contributed by atoms with Crippen LogP contribution in [-0.4, -0.2) is 116 Å². The third-order valence-electron chi connectivity index (χ3n) is 13.6. The van der Waals surface area contributed by atoms with Crippen LogP contribution < -0.4 is 15.0 Å². The zero-order chi connectivity index (χ0) is 51.5. The predicted octanol–water partition coefficient (Wildman–Crippen LogP) is 10.5. The number of nitro groups is 1. The van der Waals surface area contributed by atoms with Crippen molar-refractivity contribution in [2.45, 2.75) is 77.0 Å². The number of carbonyl (C=O) groups is 2. The molecule has 384 valence electrons. The molecule has 0 bridgehead atoms. The first-order chi connectivity index (χ1) is 34.1. The summed E-state index contributed by atoms with van der Waals surface area (Å²) in [6, 6.07) is 15.6. The van der Waals surface area contributed by atoms with E-state index >= 15 is 0 Å². The molecule has 0 spiro atoms. The molecule has 2 aliphatic heterocycles. The van der Waals surface area contributed by atoms with E-state index in [1.807, 2.05) is 19.9 Å². The van der Waals surface area contributed by atoms with Gasteiger partial charge in [-0.25, -0.2) is 13.4 Å². The van der Waals surface area contributed by atoms with Gasteiger partial charge in [-0.3, -0.25) is 24.6 Å². The minimum absolute atomic E-state index is 0.0110. The molecule has 1 aliphatic carbocycles. The van der Waals surface area contributed by atoms with E-state index in [1.165, 1.54) is 30.5 Å².